The minimum Gasteiger partial charge on any atom is -0.467 e. The number of amides is 1. The summed E-state index contributed by atoms with van der Waals surface area (Å²) >= 11 is 1.18. The lowest BCUT2D eigenvalue weighted by molar-refractivity contribution is 0.0832. The summed E-state index contributed by atoms with van der Waals surface area (Å²) in [6.07, 6.45) is 0.889. The molecule has 1 heterocycles. The molecule has 19 heavy (non-hydrogen) atoms. The summed E-state index contributed by atoms with van der Waals surface area (Å²) in [5.74, 6) is -0.102. The molecule has 108 valence electrons. The molecule has 0 aliphatic heterocycles. The van der Waals surface area contributed by atoms with Gasteiger partial charge in [-0.1, -0.05) is 25.2 Å². The molecular weight excluding hydrogens is 266 g/mol. The highest BCUT2D eigenvalue weighted by atomic mass is 32.1. The molecule has 1 atom stereocenters. The fourth-order valence-corrected chi connectivity index (χ4v) is 2.04. The predicted molar refractivity (Wildman–Crippen MR) is 74.8 cm³/mol. The van der Waals surface area contributed by atoms with Gasteiger partial charge in [0.05, 0.1) is 6.20 Å². The summed E-state index contributed by atoms with van der Waals surface area (Å²) in [4.78, 5) is 17.7. The van der Waals surface area contributed by atoms with Crippen molar-refractivity contribution in [3.63, 3.8) is 0 Å². The molecule has 0 saturated heterocycles. The lowest BCUT2D eigenvalue weighted by atomic mass is 10.3. The Labute approximate surface area is 117 Å². The molecule has 0 aromatic carbocycles. The molecular formula is C12H21N3O3S. The summed E-state index contributed by atoms with van der Waals surface area (Å²) in [7, 11) is 3.37. The van der Waals surface area contributed by atoms with Crippen molar-refractivity contribution in [2.75, 3.05) is 27.2 Å². The zero-order valence-electron chi connectivity index (χ0n) is 11.7. The number of aliphatic hydroxyl groups excluding tert-OH is 1. The number of nitrogens with zero attached hydrogens (tertiary/aromatic N) is 2. The molecule has 0 spiro atoms. The number of hydrogen-bond acceptors (Lipinski definition) is 6. The van der Waals surface area contributed by atoms with Gasteiger partial charge in [-0.25, -0.2) is 4.98 Å². The summed E-state index contributed by atoms with van der Waals surface area (Å²) in [5.41, 5.74) is 0. The zero-order valence-corrected chi connectivity index (χ0v) is 12.5. The second-order valence-corrected chi connectivity index (χ2v) is 5.71. The molecule has 7 heteroatoms. The standard InChI is InChI=1S/C12H21N3O3S/c1-8(2)13-5-9(16)7-18-12-14-6-10(19-12)11(17)15(3)4/h6,8-9,13,16H,5,7H2,1-4H3. The van der Waals surface area contributed by atoms with Crippen LogP contribution in [0.3, 0.4) is 0 Å². The lowest BCUT2D eigenvalue weighted by Crippen LogP contribution is -2.35. The second kappa shape index (κ2) is 7.42. The van der Waals surface area contributed by atoms with Crippen molar-refractivity contribution in [1.29, 1.82) is 0 Å². The predicted octanol–water partition coefficient (Wildman–Crippen LogP) is 0.583. The van der Waals surface area contributed by atoms with Crippen molar-refractivity contribution in [2.45, 2.75) is 26.0 Å². The number of rotatable bonds is 7. The number of aliphatic hydroxyl groups is 1. The molecule has 0 saturated carbocycles. The Hall–Kier alpha value is -1.18. The number of nitrogens with one attached hydrogen (secondary N) is 1. The first-order valence-electron chi connectivity index (χ1n) is 6.12. The third-order valence-corrected chi connectivity index (χ3v) is 3.16. The molecule has 1 aromatic rings. The molecule has 0 bridgehead atoms. The molecule has 6 nitrogen and oxygen atoms in total. The molecule has 2 N–H and O–H groups in total. The van der Waals surface area contributed by atoms with Crippen LogP contribution in [0.15, 0.2) is 6.20 Å². The van der Waals surface area contributed by atoms with Gasteiger partial charge >= 0.3 is 0 Å². The molecule has 0 aliphatic rings. The Balaban J connectivity index is 2.40. The van der Waals surface area contributed by atoms with Gasteiger partial charge < -0.3 is 20.1 Å². The maximum absolute atomic E-state index is 11.7. The van der Waals surface area contributed by atoms with E-state index in [1.54, 1.807) is 14.1 Å². The highest BCUT2D eigenvalue weighted by Crippen LogP contribution is 2.21. The highest BCUT2D eigenvalue weighted by Gasteiger charge is 2.14. The summed E-state index contributed by atoms with van der Waals surface area (Å²) in [5, 5.41) is 13.2. The third-order valence-electron chi connectivity index (χ3n) is 2.26. The Morgan fingerprint density at radius 1 is 1.58 bits per heavy atom. The molecule has 0 fully saturated rings. The minimum absolute atomic E-state index is 0.102. The van der Waals surface area contributed by atoms with E-state index in [1.807, 2.05) is 13.8 Å². The van der Waals surface area contributed by atoms with Crippen molar-refractivity contribution in [3.05, 3.63) is 11.1 Å². The van der Waals surface area contributed by atoms with Gasteiger partial charge in [-0.2, -0.15) is 0 Å². The van der Waals surface area contributed by atoms with Crippen LogP contribution in [-0.2, 0) is 0 Å². The van der Waals surface area contributed by atoms with Crippen molar-refractivity contribution in [2.24, 2.45) is 0 Å². The van der Waals surface area contributed by atoms with E-state index in [9.17, 15) is 9.90 Å². The van der Waals surface area contributed by atoms with Crippen LogP contribution >= 0.6 is 11.3 Å². The molecule has 1 aromatic heterocycles. The number of carbonyl (C=O) groups is 1. The first kappa shape index (κ1) is 15.9. The van der Waals surface area contributed by atoms with Gasteiger partial charge in [0.1, 0.15) is 17.6 Å². The van der Waals surface area contributed by atoms with Crippen LogP contribution in [-0.4, -0.2) is 60.3 Å². The number of hydrogen-bond donors (Lipinski definition) is 2. The number of ether oxygens (including phenoxy) is 1. The monoisotopic (exact) mass is 287 g/mol. The largest absolute Gasteiger partial charge is 0.467 e. The Bertz CT molecular complexity index is 407. The number of thiazole rings is 1. The lowest BCUT2D eigenvalue weighted by Gasteiger charge is -2.13. The van der Waals surface area contributed by atoms with Gasteiger partial charge in [0.15, 0.2) is 0 Å². The molecule has 1 amide bonds. The molecule has 1 unspecified atom stereocenters. The van der Waals surface area contributed by atoms with Gasteiger partial charge in [-0.3, -0.25) is 4.79 Å². The van der Waals surface area contributed by atoms with E-state index in [4.69, 9.17) is 4.74 Å². The second-order valence-electron chi connectivity index (χ2n) is 4.72. The van der Waals surface area contributed by atoms with Crippen LogP contribution in [0.2, 0.25) is 0 Å². The average molecular weight is 287 g/mol. The van der Waals surface area contributed by atoms with Crippen LogP contribution in [0, 0.1) is 0 Å². The summed E-state index contributed by atoms with van der Waals surface area (Å²) in [6.45, 7) is 4.64. The van der Waals surface area contributed by atoms with E-state index in [0.29, 0.717) is 22.7 Å². The smallest absolute Gasteiger partial charge is 0.273 e. The van der Waals surface area contributed by atoms with E-state index in [-0.39, 0.29) is 12.5 Å². The van der Waals surface area contributed by atoms with Gasteiger partial charge in [-0.05, 0) is 0 Å². The molecule has 0 radical (unpaired) electrons. The fourth-order valence-electron chi connectivity index (χ4n) is 1.24. The first-order valence-corrected chi connectivity index (χ1v) is 6.93. The highest BCUT2D eigenvalue weighted by molar-refractivity contribution is 7.15. The quantitative estimate of drug-likeness (QED) is 0.767. The fraction of sp³-hybridized carbons (Fsp3) is 0.667. The van der Waals surface area contributed by atoms with Crippen LogP contribution < -0.4 is 10.1 Å². The Morgan fingerprint density at radius 3 is 2.84 bits per heavy atom. The van der Waals surface area contributed by atoms with E-state index in [1.165, 1.54) is 22.4 Å². The minimum atomic E-state index is -0.598. The topological polar surface area (TPSA) is 74.7 Å². The molecule has 0 aliphatic carbocycles. The van der Waals surface area contributed by atoms with Crippen LogP contribution in [0.5, 0.6) is 5.19 Å². The van der Waals surface area contributed by atoms with Crippen LogP contribution in [0.4, 0.5) is 0 Å². The van der Waals surface area contributed by atoms with Crippen LogP contribution in [0.25, 0.3) is 0 Å². The summed E-state index contributed by atoms with van der Waals surface area (Å²) < 4.78 is 5.36. The van der Waals surface area contributed by atoms with Crippen molar-refractivity contribution >= 4 is 17.2 Å². The maximum atomic E-state index is 11.7. The van der Waals surface area contributed by atoms with E-state index in [0.717, 1.165) is 0 Å². The Kier molecular flexibility index (Phi) is 6.20. The van der Waals surface area contributed by atoms with Gasteiger partial charge in [0, 0.05) is 26.7 Å². The summed E-state index contributed by atoms with van der Waals surface area (Å²) in [6, 6.07) is 0.318. The van der Waals surface area contributed by atoms with E-state index < -0.39 is 6.10 Å². The van der Waals surface area contributed by atoms with Gasteiger partial charge in [-0.15, -0.1) is 0 Å². The number of aromatic nitrogens is 1. The van der Waals surface area contributed by atoms with E-state index in [2.05, 4.69) is 10.3 Å². The van der Waals surface area contributed by atoms with Gasteiger partial charge in [0.2, 0.25) is 0 Å². The zero-order chi connectivity index (χ0) is 14.4. The molecule has 1 rings (SSSR count). The Morgan fingerprint density at radius 2 is 2.26 bits per heavy atom. The SMILES string of the molecule is CC(C)NCC(O)COc1ncc(C(=O)N(C)C)s1. The van der Waals surface area contributed by atoms with Gasteiger partial charge in [0.25, 0.3) is 11.1 Å². The number of carbonyl (C=O) groups excluding carboxylic acids is 1. The maximum Gasteiger partial charge on any atom is 0.273 e. The third kappa shape index (κ3) is 5.54. The normalized spacial score (nSPS) is 12.5. The van der Waals surface area contributed by atoms with Crippen molar-refractivity contribution in [3.8, 4) is 5.19 Å². The first-order chi connectivity index (χ1) is 8.90. The van der Waals surface area contributed by atoms with Crippen molar-refractivity contribution < 1.29 is 14.6 Å². The average Bonchev–Trinajstić information content (AvgIpc) is 2.81. The van der Waals surface area contributed by atoms with Crippen LogP contribution in [0.1, 0.15) is 23.5 Å². The van der Waals surface area contributed by atoms with Crippen molar-refractivity contribution in [1.82, 2.24) is 15.2 Å². The van der Waals surface area contributed by atoms with E-state index >= 15 is 0 Å².